The first-order valence-corrected chi connectivity index (χ1v) is 7.34. The van der Waals surface area contributed by atoms with E-state index in [0.29, 0.717) is 24.3 Å². The van der Waals surface area contributed by atoms with Crippen LogP contribution in [0.2, 0.25) is 0 Å². The standard InChI is InChI=1S/C14H26N2O2/c15-13-5-1-3-11(7-13)8-14(17)16-9-12-4-2-6-18-10-12/h11-13H,1-10,15H2,(H,16,17). The van der Waals surface area contributed by atoms with Crippen LogP contribution in [0.1, 0.15) is 44.9 Å². The summed E-state index contributed by atoms with van der Waals surface area (Å²) >= 11 is 0. The molecule has 4 nitrogen and oxygen atoms in total. The number of amides is 1. The maximum Gasteiger partial charge on any atom is 0.220 e. The molecule has 104 valence electrons. The SMILES string of the molecule is NC1CCCC(CC(=O)NCC2CCCOC2)C1. The Morgan fingerprint density at radius 2 is 2.06 bits per heavy atom. The molecule has 0 aromatic carbocycles. The van der Waals surface area contributed by atoms with E-state index in [2.05, 4.69) is 5.32 Å². The van der Waals surface area contributed by atoms with Crippen LogP contribution in [-0.2, 0) is 9.53 Å². The van der Waals surface area contributed by atoms with Crippen molar-refractivity contribution >= 4 is 5.91 Å². The van der Waals surface area contributed by atoms with Gasteiger partial charge in [-0.2, -0.15) is 0 Å². The maximum atomic E-state index is 11.9. The van der Waals surface area contributed by atoms with Crippen molar-refractivity contribution in [2.75, 3.05) is 19.8 Å². The highest BCUT2D eigenvalue weighted by molar-refractivity contribution is 5.76. The lowest BCUT2D eigenvalue weighted by Gasteiger charge is -2.26. The molecule has 2 fully saturated rings. The zero-order valence-electron chi connectivity index (χ0n) is 11.2. The first-order valence-electron chi connectivity index (χ1n) is 7.34. The highest BCUT2D eigenvalue weighted by Gasteiger charge is 2.22. The lowest BCUT2D eigenvalue weighted by molar-refractivity contribution is -0.122. The molecular weight excluding hydrogens is 228 g/mol. The van der Waals surface area contributed by atoms with Gasteiger partial charge in [0.25, 0.3) is 0 Å². The van der Waals surface area contributed by atoms with E-state index in [0.717, 1.165) is 45.4 Å². The van der Waals surface area contributed by atoms with E-state index >= 15 is 0 Å². The summed E-state index contributed by atoms with van der Waals surface area (Å²) in [5.41, 5.74) is 5.94. The summed E-state index contributed by atoms with van der Waals surface area (Å²) in [4.78, 5) is 11.9. The second-order valence-electron chi connectivity index (χ2n) is 5.88. The van der Waals surface area contributed by atoms with Gasteiger partial charge in [0.1, 0.15) is 0 Å². The summed E-state index contributed by atoms with van der Waals surface area (Å²) in [5.74, 6) is 1.20. The normalized spacial score (nSPS) is 33.1. The summed E-state index contributed by atoms with van der Waals surface area (Å²) in [6.45, 7) is 2.45. The van der Waals surface area contributed by atoms with Gasteiger partial charge in [-0.1, -0.05) is 6.42 Å². The smallest absolute Gasteiger partial charge is 0.220 e. The third kappa shape index (κ3) is 4.58. The molecule has 0 aromatic heterocycles. The molecule has 3 unspecified atom stereocenters. The highest BCUT2D eigenvalue weighted by atomic mass is 16.5. The molecule has 0 bridgehead atoms. The van der Waals surface area contributed by atoms with Gasteiger partial charge >= 0.3 is 0 Å². The fourth-order valence-corrected chi connectivity index (χ4v) is 3.08. The summed E-state index contributed by atoms with van der Waals surface area (Å²) in [7, 11) is 0. The van der Waals surface area contributed by atoms with Crippen LogP contribution in [0.25, 0.3) is 0 Å². The predicted molar refractivity (Wildman–Crippen MR) is 71.1 cm³/mol. The number of nitrogens with two attached hydrogens (primary N) is 1. The highest BCUT2D eigenvalue weighted by Crippen LogP contribution is 2.25. The number of carbonyl (C=O) groups excluding carboxylic acids is 1. The predicted octanol–water partition coefficient (Wildman–Crippen LogP) is 1.44. The van der Waals surface area contributed by atoms with E-state index in [-0.39, 0.29) is 5.91 Å². The molecule has 0 spiro atoms. The molecule has 1 saturated heterocycles. The van der Waals surface area contributed by atoms with E-state index in [1.165, 1.54) is 12.8 Å². The molecule has 1 aliphatic carbocycles. The second kappa shape index (κ2) is 7.10. The number of carbonyl (C=O) groups is 1. The minimum atomic E-state index is 0.194. The van der Waals surface area contributed by atoms with Gasteiger partial charge in [0.15, 0.2) is 0 Å². The minimum Gasteiger partial charge on any atom is -0.381 e. The van der Waals surface area contributed by atoms with Crippen LogP contribution in [0.4, 0.5) is 0 Å². The summed E-state index contributed by atoms with van der Waals surface area (Å²) < 4.78 is 5.41. The van der Waals surface area contributed by atoms with Crippen molar-refractivity contribution in [2.45, 2.75) is 51.0 Å². The fraction of sp³-hybridized carbons (Fsp3) is 0.929. The third-order valence-electron chi connectivity index (χ3n) is 4.14. The lowest BCUT2D eigenvalue weighted by Crippen LogP contribution is -2.35. The van der Waals surface area contributed by atoms with Crippen molar-refractivity contribution in [1.29, 1.82) is 0 Å². The molecular formula is C14H26N2O2. The van der Waals surface area contributed by atoms with Crippen molar-refractivity contribution in [2.24, 2.45) is 17.6 Å². The van der Waals surface area contributed by atoms with Crippen LogP contribution in [-0.4, -0.2) is 31.7 Å². The number of rotatable bonds is 4. The van der Waals surface area contributed by atoms with Gasteiger partial charge in [-0.25, -0.2) is 0 Å². The maximum absolute atomic E-state index is 11.9. The largest absolute Gasteiger partial charge is 0.381 e. The topological polar surface area (TPSA) is 64.4 Å². The molecule has 0 aromatic rings. The Balaban J connectivity index is 1.62. The second-order valence-corrected chi connectivity index (χ2v) is 5.88. The van der Waals surface area contributed by atoms with E-state index in [1.54, 1.807) is 0 Å². The van der Waals surface area contributed by atoms with Gasteiger partial charge in [0, 0.05) is 25.6 Å². The molecule has 0 radical (unpaired) electrons. The van der Waals surface area contributed by atoms with Crippen LogP contribution in [0.5, 0.6) is 0 Å². The average Bonchev–Trinajstić information content (AvgIpc) is 2.38. The minimum absolute atomic E-state index is 0.194. The van der Waals surface area contributed by atoms with Crippen LogP contribution in [0, 0.1) is 11.8 Å². The van der Waals surface area contributed by atoms with Gasteiger partial charge in [0.05, 0.1) is 6.61 Å². The quantitative estimate of drug-likeness (QED) is 0.798. The molecule has 1 saturated carbocycles. The Bertz CT molecular complexity index is 265. The summed E-state index contributed by atoms with van der Waals surface area (Å²) in [5, 5.41) is 3.05. The van der Waals surface area contributed by atoms with Gasteiger partial charge in [0.2, 0.25) is 5.91 Å². The average molecular weight is 254 g/mol. The van der Waals surface area contributed by atoms with Crippen LogP contribution >= 0.6 is 0 Å². The van der Waals surface area contributed by atoms with Crippen molar-refractivity contribution in [1.82, 2.24) is 5.32 Å². The number of hydrogen-bond donors (Lipinski definition) is 2. The number of nitrogens with one attached hydrogen (secondary N) is 1. The van der Waals surface area contributed by atoms with E-state index in [1.807, 2.05) is 0 Å². The first kappa shape index (κ1) is 13.8. The van der Waals surface area contributed by atoms with Crippen molar-refractivity contribution in [3.63, 3.8) is 0 Å². The Morgan fingerprint density at radius 1 is 1.22 bits per heavy atom. The van der Waals surface area contributed by atoms with Crippen molar-refractivity contribution in [3.05, 3.63) is 0 Å². The Kier molecular flexibility index (Phi) is 5.45. The van der Waals surface area contributed by atoms with Crippen LogP contribution < -0.4 is 11.1 Å². The lowest BCUT2D eigenvalue weighted by atomic mass is 9.84. The van der Waals surface area contributed by atoms with E-state index in [9.17, 15) is 4.79 Å². The zero-order chi connectivity index (χ0) is 12.8. The monoisotopic (exact) mass is 254 g/mol. The van der Waals surface area contributed by atoms with Gasteiger partial charge in [-0.15, -0.1) is 0 Å². The van der Waals surface area contributed by atoms with Gasteiger partial charge < -0.3 is 15.8 Å². The van der Waals surface area contributed by atoms with E-state index < -0.39 is 0 Å². The van der Waals surface area contributed by atoms with Crippen LogP contribution in [0.3, 0.4) is 0 Å². The molecule has 18 heavy (non-hydrogen) atoms. The zero-order valence-corrected chi connectivity index (χ0v) is 11.2. The third-order valence-corrected chi connectivity index (χ3v) is 4.14. The van der Waals surface area contributed by atoms with Gasteiger partial charge in [-0.3, -0.25) is 4.79 Å². The Morgan fingerprint density at radius 3 is 2.78 bits per heavy atom. The Labute approximate surface area is 110 Å². The van der Waals surface area contributed by atoms with Crippen molar-refractivity contribution < 1.29 is 9.53 Å². The van der Waals surface area contributed by atoms with Gasteiger partial charge in [-0.05, 0) is 43.9 Å². The fourth-order valence-electron chi connectivity index (χ4n) is 3.08. The molecule has 2 aliphatic rings. The summed E-state index contributed by atoms with van der Waals surface area (Å²) in [6, 6.07) is 0.309. The molecule has 4 heteroatoms. The number of hydrogen-bond acceptors (Lipinski definition) is 3. The Hall–Kier alpha value is -0.610. The number of ether oxygens (including phenoxy) is 1. The van der Waals surface area contributed by atoms with Crippen LogP contribution in [0.15, 0.2) is 0 Å². The first-order chi connectivity index (χ1) is 8.74. The van der Waals surface area contributed by atoms with Crippen molar-refractivity contribution in [3.8, 4) is 0 Å². The molecule has 3 atom stereocenters. The summed E-state index contributed by atoms with van der Waals surface area (Å²) in [6.07, 6.45) is 7.43. The van der Waals surface area contributed by atoms with E-state index in [4.69, 9.17) is 10.5 Å². The molecule has 2 rings (SSSR count). The molecule has 1 aliphatic heterocycles. The molecule has 1 heterocycles. The molecule has 3 N–H and O–H groups in total. The molecule has 1 amide bonds.